The molecular weight excluding hydrogens is 621 g/mol. The zero-order chi connectivity index (χ0) is 34.6. The van der Waals surface area contributed by atoms with Crippen LogP contribution in [0.3, 0.4) is 0 Å². The van der Waals surface area contributed by atoms with Gasteiger partial charge in [0.05, 0.1) is 12.2 Å². The van der Waals surface area contributed by atoms with Gasteiger partial charge in [0.15, 0.2) is 0 Å². The standard InChI is InChI=1S/C49H72O2/c50-47-43(35-19-7-1-8-20-35)31-41(32-44(47)36-21-9-2-10-22-36)49(39-27-15-5-16-28-39,40-29-17-6-18-30-40)42-33-45(37-23-11-3-12-24-37)48(51)46(34-42)38-25-13-4-14-26-38/h5-6,15-18,27-30,35-38,41-48,50-51H,1-4,7-14,19-26,31-34H2. The fourth-order valence-electron chi connectivity index (χ4n) is 14.4. The summed E-state index contributed by atoms with van der Waals surface area (Å²) in [6.07, 6.45) is 31.2. The van der Waals surface area contributed by atoms with Gasteiger partial charge in [-0.25, -0.2) is 0 Å². The normalized spacial score (nSPS) is 35.8. The van der Waals surface area contributed by atoms with E-state index in [0.29, 0.717) is 59.2 Å². The molecule has 6 fully saturated rings. The summed E-state index contributed by atoms with van der Waals surface area (Å²) < 4.78 is 0. The molecule has 0 saturated heterocycles. The van der Waals surface area contributed by atoms with Crippen molar-refractivity contribution in [2.75, 3.05) is 0 Å². The molecule has 2 aromatic rings. The quantitative estimate of drug-likeness (QED) is 0.289. The highest BCUT2D eigenvalue weighted by Gasteiger charge is 2.57. The Hall–Kier alpha value is -1.64. The third-order valence-corrected chi connectivity index (χ3v) is 16.8. The lowest BCUT2D eigenvalue weighted by Crippen LogP contribution is -2.56. The third-order valence-electron chi connectivity index (χ3n) is 16.8. The second-order valence-electron chi connectivity index (χ2n) is 19.2. The fraction of sp³-hybridized carbons (Fsp3) is 0.755. The van der Waals surface area contributed by atoms with Crippen LogP contribution in [-0.4, -0.2) is 22.4 Å². The predicted octanol–water partition coefficient (Wildman–Crippen LogP) is 12.3. The van der Waals surface area contributed by atoms with Gasteiger partial charge in [-0.1, -0.05) is 189 Å². The van der Waals surface area contributed by atoms with Gasteiger partial charge in [0.2, 0.25) is 0 Å². The van der Waals surface area contributed by atoms with Gasteiger partial charge in [0.25, 0.3) is 0 Å². The van der Waals surface area contributed by atoms with Crippen molar-refractivity contribution in [2.45, 2.75) is 172 Å². The number of benzene rings is 2. The van der Waals surface area contributed by atoms with Crippen LogP contribution in [0.1, 0.15) is 165 Å². The fourth-order valence-corrected chi connectivity index (χ4v) is 14.4. The maximum atomic E-state index is 12.6. The molecule has 51 heavy (non-hydrogen) atoms. The monoisotopic (exact) mass is 693 g/mol. The first-order chi connectivity index (χ1) is 25.1. The van der Waals surface area contributed by atoms with Crippen molar-refractivity contribution in [3.63, 3.8) is 0 Å². The Kier molecular flexibility index (Phi) is 12.0. The highest BCUT2D eigenvalue weighted by atomic mass is 16.3. The van der Waals surface area contributed by atoms with Gasteiger partial charge in [-0.2, -0.15) is 0 Å². The number of hydrogen-bond donors (Lipinski definition) is 2. The molecule has 4 unspecified atom stereocenters. The van der Waals surface area contributed by atoms with Gasteiger partial charge in [-0.05, 0) is 96.0 Å². The number of aliphatic hydroxyl groups is 2. The van der Waals surface area contributed by atoms with E-state index in [-0.39, 0.29) is 17.6 Å². The average molecular weight is 693 g/mol. The molecule has 280 valence electrons. The van der Waals surface area contributed by atoms with Crippen molar-refractivity contribution >= 4 is 0 Å². The van der Waals surface area contributed by atoms with Crippen LogP contribution < -0.4 is 0 Å². The second kappa shape index (κ2) is 16.8. The Bertz CT molecular complexity index is 1150. The molecule has 2 N–H and O–H groups in total. The van der Waals surface area contributed by atoms with Crippen LogP contribution in [0, 0.1) is 59.2 Å². The van der Waals surface area contributed by atoms with Crippen molar-refractivity contribution in [1.82, 2.24) is 0 Å². The summed E-state index contributed by atoms with van der Waals surface area (Å²) in [6, 6.07) is 23.8. The molecule has 2 heteroatoms. The third kappa shape index (κ3) is 7.42. The topological polar surface area (TPSA) is 40.5 Å². The molecule has 4 atom stereocenters. The predicted molar refractivity (Wildman–Crippen MR) is 211 cm³/mol. The van der Waals surface area contributed by atoms with Crippen LogP contribution in [0.15, 0.2) is 60.7 Å². The molecule has 6 aliphatic rings. The maximum absolute atomic E-state index is 12.6. The molecule has 0 radical (unpaired) electrons. The van der Waals surface area contributed by atoms with Crippen molar-refractivity contribution in [3.8, 4) is 0 Å². The molecule has 6 aliphatic carbocycles. The molecule has 0 aliphatic heterocycles. The molecule has 0 heterocycles. The zero-order valence-corrected chi connectivity index (χ0v) is 32.1. The molecule has 6 saturated carbocycles. The summed E-state index contributed by atoms with van der Waals surface area (Å²) in [5, 5.41) is 25.2. The summed E-state index contributed by atoms with van der Waals surface area (Å²) in [5.41, 5.74) is 2.96. The highest BCUT2D eigenvalue weighted by molar-refractivity contribution is 5.42. The van der Waals surface area contributed by atoms with Gasteiger partial charge in [-0.3, -0.25) is 0 Å². The Morgan fingerprint density at radius 3 is 0.863 bits per heavy atom. The highest BCUT2D eigenvalue weighted by Crippen LogP contribution is 2.61. The first kappa shape index (κ1) is 36.3. The lowest BCUT2D eigenvalue weighted by molar-refractivity contribution is -0.101. The van der Waals surface area contributed by atoms with Crippen LogP contribution in [0.5, 0.6) is 0 Å². The van der Waals surface area contributed by atoms with Crippen molar-refractivity contribution in [3.05, 3.63) is 71.8 Å². The Morgan fingerprint density at radius 2 is 0.608 bits per heavy atom. The SMILES string of the molecule is OC1C(C2CCCCC2)CC(C(c2ccccc2)(c2ccccc2)C2CC(C3CCCCC3)C(O)C(C3CCCCC3)C2)CC1C1CCCCC1. The van der Waals surface area contributed by atoms with E-state index in [4.69, 9.17) is 0 Å². The molecule has 0 bridgehead atoms. The van der Waals surface area contributed by atoms with E-state index in [0.717, 1.165) is 0 Å². The van der Waals surface area contributed by atoms with E-state index >= 15 is 0 Å². The molecular formula is C49H72O2. The first-order valence-corrected chi connectivity index (χ1v) is 22.6. The minimum Gasteiger partial charge on any atom is -0.393 e. The van der Waals surface area contributed by atoms with E-state index in [1.165, 1.54) is 165 Å². The van der Waals surface area contributed by atoms with Gasteiger partial charge in [0, 0.05) is 5.41 Å². The van der Waals surface area contributed by atoms with Crippen molar-refractivity contribution in [2.24, 2.45) is 59.2 Å². The van der Waals surface area contributed by atoms with Crippen LogP contribution in [0.2, 0.25) is 0 Å². The van der Waals surface area contributed by atoms with Crippen LogP contribution in [-0.2, 0) is 5.41 Å². The van der Waals surface area contributed by atoms with Gasteiger partial charge >= 0.3 is 0 Å². The summed E-state index contributed by atoms with van der Waals surface area (Å²) >= 11 is 0. The first-order valence-electron chi connectivity index (χ1n) is 22.6. The summed E-state index contributed by atoms with van der Waals surface area (Å²) in [5.74, 6) is 5.36. The maximum Gasteiger partial charge on any atom is 0.0602 e. The van der Waals surface area contributed by atoms with E-state index in [1.807, 2.05) is 0 Å². The Balaban J connectivity index is 1.28. The van der Waals surface area contributed by atoms with Crippen LogP contribution >= 0.6 is 0 Å². The molecule has 0 aromatic heterocycles. The largest absolute Gasteiger partial charge is 0.393 e. The van der Waals surface area contributed by atoms with E-state index < -0.39 is 0 Å². The van der Waals surface area contributed by atoms with Crippen molar-refractivity contribution < 1.29 is 10.2 Å². The summed E-state index contributed by atoms with van der Waals surface area (Å²) in [4.78, 5) is 0. The smallest absolute Gasteiger partial charge is 0.0602 e. The van der Waals surface area contributed by atoms with E-state index in [9.17, 15) is 10.2 Å². The number of aliphatic hydroxyl groups excluding tert-OH is 2. The zero-order valence-electron chi connectivity index (χ0n) is 32.1. The molecule has 2 nitrogen and oxygen atoms in total. The van der Waals surface area contributed by atoms with Crippen LogP contribution in [0.25, 0.3) is 0 Å². The summed E-state index contributed by atoms with van der Waals surface area (Å²) in [6.45, 7) is 0. The number of hydrogen-bond acceptors (Lipinski definition) is 2. The molecule has 2 aromatic carbocycles. The van der Waals surface area contributed by atoms with Crippen molar-refractivity contribution in [1.29, 1.82) is 0 Å². The molecule has 8 rings (SSSR count). The summed E-state index contributed by atoms with van der Waals surface area (Å²) in [7, 11) is 0. The van der Waals surface area contributed by atoms with Gasteiger partial charge < -0.3 is 10.2 Å². The van der Waals surface area contributed by atoms with Crippen LogP contribution in [0.4, 0.5) is 0 Å². The minimum absolute atomic E-state index is 0.109. The average Bonchev–Trinajstić information content (AvgIpc) is 3.21. The lowest BCUT2D eigenvalue weighted by atomic mass is 9.46. The Labute approximate surface area is 312 Å². The van der Waals surface area contributed by atoms with Gasteiger partial charge in [-0.15, -0.1) is 0 Å². The Morgan fingerprint density at radius 1 is 0.353 bits per heavy atom. The second-order valence-corrected chi connectivity index (χ2v) is 19.2. The van der Waals surface area contributed by atoms with E-state index in [2.05, 4.69) is 60.7 Å². The van der Waals surface area contributed by atoms with E-state index in [1.54, 1.807) is 0 Å². The molecule has 0 amide bonds. The number of rotatable bonds is 8. The molecule has 0 spiro atoms. The van der Waals surface area contributed by atoms with Gasteiger partial charge in [0.1, 0.15) is 0 Å². The lowest BCUT2D eigenvalue weighted by Gasteiger charge is -2.58. The minimum atomic E-state index is -0.144.